The number of morpholine rings is 1. The van der Waals surface area contributed by atoms with E-state index in [0.29, 0.717) is 31.8 Å². The van der Waals surface area contributed by atoms with Crippen LogP contribution in [0, 0.1) is 0 Å². The standard InChI is InChI=1S/C19H24N4O2/c1-3-17-10-18(22-13-21-17)20-11-15-5-4-6-16(9-15)19(24)23-7-8-25-14(2)12-23/h4-6,9-10,13-14H,3,7-8,11-12H2,1-2H3,(H,20,21,22). The second-order valence-corrected chi connectivity index (χ2v) is 6.23. The number of nitrogens with zero attached hydrogens (tertiary/aromatic N) is 3. The molecule has 1 amide bonds. The van der Waals surface area contributed by atoms with Gasteiger partial charge in [-0.25, -0.2) is 9.97 Å². The van der Waals surface area contributed by atoms with Crippen LogP contribution >= 0.6 is 0 Å². The Kier molecular flexibility index (Phi) is 5.60. The van der Waals surface area contributed by atoms with Crippen LogP contribution < -0.4 is 5.32 Å². The fourth-order valence-corrected chi connectivity index (χ4v) is 2.88. The lowest BCUT2D eigenvalue weighted by molar-refractivity contribution is -0.0124. The molecule has 0 radical (unpaired) electrons. The molecule has 0 saturated carbocycles. The van der Waals surface area contributed by atoms with E-state index in [2.05, 4.69) is 22.2 Å². The molecule has 25 heavy (non-hydrogen) atoms. The first kappa shape index (κ1) is 17.4. The van der Waals surface area contributed by atoms with E-state index in [-0.39, 0.29) is 12.0 Å². The van der Waals surface area contributed by atoms with Gasteiger partial charge in [0, 0.05) is 37.0 Å². The zero-order valence-electron chi connectivity index (χ0n) is 14.7. The molecule has 2 heterocycles. The Morgan fingerprint density at radius 1 is 1.36 bits per heavy atom. The normalized spacial score (nSPS) is 17.4. The molecular weight excluding hydrogens is 316 g/mol. The van der Waals surface area contributed by atoms with Crippen molar-refractivity contribution in [3.05, 3.63) is 53.5 Å². The molecule has 6 heteroatoms. The number of amides is 1. The minimum absolute atomic E-state index is 0.0623. The van der Waals surface area contributed by atoms with Crippen molar-refractivity contribution in [2.45, 2.75) is 32.9 Å². The predicted molar refractivity (Wildman–Crippen MR) is 96.5 cm³/mol. The second kappa shape index (κ2) is 8.07. The first-order chi connectivity index (χ1) is 12.2. The fraction of sp³-hybridized carbons (Fsp3) is 0.421. The number of rotatable bonds is 5. The number of aromatic nitrogens is 2. The van der Waals surface area contributed by atoms with Gasteiger partial charge in [0.2, 0.25) is 0 Å². The minimum atomic E-state index is 0.0623. The third-order valence-electron chi connectivity index (χ3n) is 4.26. The van der Waals surface area contributed by atoms with Gasteiger partial charge in [0.25, 0.3) is 5.91 Å². The summed E-state index contributed by atoms with van der Waals surface area (Å²) in [6.45, 7) is 6.55. The van der Waals surface area contributed by atoms with Gasteiger partial charge in [-0.2, -0.15) is 0 Å². The summed E-state index contributed by atoms with van der Waals surface area (Å²) in [6, 6.07) is 9.69. The number of carbonyl (C=O) groups excluding carboxylic acids is 1. The monoisotopic (exact) mass is 340 g/mol. The number of carbonyl (C=O) groups is 1. The molecule has 6 nitrogen and oxygen atoms in total. The van der Waals surface area contributed by atoms with Crippen LogP contribution in [0.25, 0.3) is 0 Å². The molecule has 1 aliphatic rings. The molecular formula is C19H24N4O2. The maximum Gasteiger partial charge on any atom is 0.254 e. The molecule has 3 rings (SSSR count). The number of hydrogen-bond donors (Lipinski definition) is 1. The van der Waals surface area contributed by atoms with Crippen LogP contribution in [0.15, 0.2) is 36.7 Å². The summed E-state index contributed by atoms with van der Waals surface area (Å²) in [4.78, 5) is 23.0. The molecule has 132 valence electrons. The Balaban J connectivity index is 1.65. The largest absolute Gasteiger partial charge is 0.375 e. The van der Waals surface area contributed by atoms with Gasteiger partial charge in [-0.05, 0) is 31.0 Å². The SMILES string of the molecule is CCc1cc(NCc2cccc(C(=O)N3CCOC(C)C3)c2)ncn1. The van der Waals surface area contributed by atoms with E-state index in [1.165, 1.54) is 0 Å². The maximum atomic E-state index is 12.7. The summed E-state index contributed by atoms with van der Waals surface area (Å²) in [6.07, 6.45) is 2.54. The molecule has 1 N–H and O–H groups in total. The van der Waals surface area contributed by atoms with Crippen LogP contribution in [0.5, 0.6) is 0 Å². The van der Waals surface area contributed by atoms with Gasteiger partial charge in [0.15, 0.2) is 0 Å². The molecule has 1 saturated heterocycles. The van der Waals surface area contributed by atoms with E-state index in [1.807, 2.05) is 42.2 Å². The molecule has 1 aromatic carbocycles. The van der Waals surface area contributed by atoms with Gasteiger partial charge in [-0.1, -0.05) is 19.1 Å². The van der Waals surface area contributed by atoms with Crippen molar-refractivity contribution in [3.8, 4) is 0 Å². The Bertz CT molecular complexity index is 735. The van der Waals surface area contributed by atoms with E-state index in [0.717, 1.165) is 23.5 Å². The fourth-order valence-electron chi connectivity index (χ4n) is 2.88. The average molecular weight is 340 g/mol. The maximum absolute atomic E-state index is 12.7. The van der Waals surface area contributed by atoms with Crippen molar-refractivity contribution >= 4 is 11.7 Å². The van der Waals surface area contributed by atoms with Crippen molar-refractivity contribution < 1.29 is 9.53 Å². The van der Waals surface area contributed by atoms with Crippen LogP contribution in [0.2, 0.25) is 0 Å². The topological polar surface area (TPSA) is 67.4 Å². The van der Waals surface area contributed by atoms with Crippen molar-refractivity contribution in [1.29, 1.82) is 0 Å². The van der Waals surface area contributed by atoms with Gasteiger partial charge in [-0.3, -0.25) is 4.79 Å². The Morgan fingerprint density at radius 3 is 3.04 bits per heavy atom. The quantitative estimate of drug-likeness (QED) is 0.906. The van der Waals surface area contributed by atoms with Crippen LogP contribution in [-0.4, -0.2) is 46.6 Å². The highest BCUT2D eigenvalue weighted by Gasteiger charge is 2.22. The summed E-state index contributed by atoms with van der Waals surface area (Å²) in [5, 5.41) is 3.29. The number of anilines is 1. The molecule has 1 aromatic heterocycles. The molecule has 1 unspecified atom stereocenters. The summed E-state index contributed by atoms with van der Waals surface area (Å²) >= 11 is 0. The van der Waals surface area contributed by atoms with Crippen molar-refractivity contribution in [3.63, 3.8) is 0 Å². The Morgan fingerprint density at radius 2 is 2.24 bits per heavy atom. The lowest BCUT2D eigenvalue weighted by atomic mass is 10.1. The molecule has 0 spiro atoms. The average Bonchev–Trinajstić information content (AvgIpc) is 2.66. The number of nitrogens with one attached hydrogen (secondary N) is 1. The molecule has 1 atom stereocenters. The first-order valence-corrected chi connectivity index (χ1v) is 8.70. The molecule has 1 aliphatic heterocycles. The van der Waals surface area contributed by atoms with E-state index in [4.69, 9.17) is 4.74 Å². The zero-order chi connectivity index (χ0) is 17.6. The lowest BCUT2D eigenvalue weighted by Gasteiger charge is -2.31. The number of aryl methyl sites for hydroxylation is 1. The van der Waals surface area contributed by atoms with Gasteiger partial charge < -0.3 is 15.0 Å². The van der Waals surface area contributed by atoms with Crippen molar-refractivity contribution in [2.75, 3.05) is 25.0 Å². The number of benzene rings is 1. The second-order valence-electron chi connectivity index (χ2n) is 6.23. The van der Waals surface area contributed by atoms with Crippen LogP contribution in [-0.2, 0) is 17.7 Å². The van der Waals surface area contributed by atoms with Crippen LogP contribution in [0.1, 0.15) is 35.5 Å². The van der Waals surface area contributed by atoms with E-state index in [1.54, 1.807) is 6.33 Å². The Hall–Kier alpha value is -2.47. The summed E-state index contributed by atoms with van der Waals surface area (Å²) < 4.78 is 5.51. The summed E-state index contributed by atoms with van der Waals surface area (Å²) in [5.41, 5.74) is 2.76. The lowest BCUT2D eigenvalue weighted by Crippen LogP contribution is -2.44. The third-order valence-corrected chi connectivity index (χ3v) is 4.26. The molecule has 0 bridgehead atoms. The third kappa shape index (κ3) is 4.54. The van der Waals surface area contributed by atoms with Crippen LogP contribution in [0.3, 0.4) is 0 Å². The predicted octanol–water partition coefficient (Wildman–Crippen LogP) is 2.51. The minimum Gasteiger partial charge on any atom is -0.375 e. The van der Waals surface area contributed by atoms with Crippen LogP contribution in [0.4, 0.5) is 5.82 Å². The Labute approximate surface area is 148 Å². The smallest absolute Gasteiger partial charge is 0.254 e. The van der Waals surface area contributed by atoms with Crippen molar-refractivity contribution in [1.82, 2.24) is 14.9 Å². The van der Waals surface area contributed by atoms with Gasteiger partial charge in [0.1, 0.15) is 12.1 Å². The highest BCUT2D eigenvalue weighted by atomic mass is 16.5. The molecule has 1 fully saturated rings. The summed E-state index contributed by atoms with van der Waals surface area (Å²) in [7, 11) is 0. The molecule has 2 aromatic rings. The number of hydrogen-bond acceptors (Lipinski definition) is 5. The first-order valence-electron chi connectivity index (χ1n) is 8.70. The summed E-state index contributed by atoms with van der Waals surface area (Å²) in [5.74, 6) is 0.859. The van der Waals surface area contributed by atoms with E-state index in [9.17, 15) is 4.79 Å². The zero-order valence-corrected chi connectivity index (χ0v) is 14.7. The van der Waals surface area contributed by atoms with Gasteiger partial charge >= 0.3 is 0 Å². The van der Waals surface area contributed by atoms with E-state index < -0.39 is 0 Å². The molecule has 0 aliphatic carbocycles. The number of ether oxygens (including phenoxy) is 1. The highest BCUT2D eigenvalue weighted by Crippen LogP contribution is 2.14. The van der Waals surface area contributed by atoms with Gasteiger partial charge in [0.05, 0.1) is 12.7 Å². The van der Waals surface area contributed by atoms with Gasteiger partial charge in [-0.15, -0.1) is 0 Å². The van der Waals surface area contributed by atoms with Crippen molar-refractivity contribution in [2.24, 2.45) is 0 Å². The highest BCUT2D eigenvalue weighted by molar-refractivity contribution is 5.94. The van der Waals surface area contributed by atoms with E-state index >= 15 is 0 Å².